The Labute approximate surface area is 181 Å². The summed E-state index contributed by atoms with van der Waals surface area (Å²) in [6.45, 7) is 5.86. The number of halogens is 1. The molecule has 29 heavy (non-hydrogen) atoms. The molecular weight excluding hydrogens is 390 g/mol. The summed E-state index contributed by atoms with van der Waals surface area (Å²) in [6, 6.07) is 10.3. The van der Waals surface area contributed by atoms with Crippen LogP contribution in [0.1, 0.15) is 57.6 Å². The summed E-state index contributed by atoms with van der Waals surface area (Å²) < 4.78 is 0. The minimum absolute atomic E-state index is 0. The number of likely N-dealkylation sites (N-methyl/N-ethyl adjacent to an activating group) is 1. The number of benzene rings is 1. The third-order valence-electron chi connectivity index (χ3n) is 5.76. The van der Waals surface area contributed by atoms with Gasteiger partial charge in [-0.05, 0) is 51.8 Å². The molecule has 1 heterocycles. The number of aliphatic carboxylic acids is 1. The minimum Gasteiger partial charge on any atom is -0.480 e. The van der Waals surface area contributed by atoms with Crippen LogP contribution < -0.4 is 5.32 Å². The van der Waals surface area contributed by atoms with Gasteiger partial charge in [0.25, 0.3) is 0 Å². The van der Waals surface area contributed by atoms with Crippen LogP contribution >= 0.6 is 12.4 Å². The summed E-state index contributed by atoms with van der Waals surface area (Å²) in [7, 11) is 1.87. The molecule has 1 aliphatic heterocycles. The quantitative estimate of drug-likeness (QED) is 0.634. The van der Waals surface area contributed by atoms with Crippen LogP contribution in [0.5, 0.6) is 0 Å². The molecule has 0 spiro atoms. The second kappa shape index (κ2) is 12.8. The first-order chi connectivity index (χ1) is 13.4. The maximum atomic E-state index is 12.9. The maximum absolute atomic E-state index is 12.9. The van der Waals surface area contributed by atoms with E-state index in [0.717, 1.165) is 50.8 Å². The number of nitrogens with one attached hydrogen (secondary N) is 1. The van der Waals surface area contributed by atoms with Crippen LogP contribution in [-0.4, -0.2) is 65.5 Å². The predicted molar refractivity (Wildman–Crippen MR) is 118 cm³/mol. The lowest BCUT2D eigenvalue weighted by molar-refractivity contribution is -0.138. The van der Waals surface area contributed by atoms with E-state index in [2.05, 4.69) is 29.3 Å². The number of rotatable bonds is 9. The minimum atomic E-state index is -0.792. The molecule has 6 nitrogen and oxygen atoms in total. The fourth-order valence-corrected chi connectivity index (χ4v) is 4.03. The molecule has 3 unspecified atom stereocenters. The van der Waals surface area contributed by atoms with Gasteiger partial charge in [0.15, 0.2) is 0 Å². The number of carbonyl (C=O) groups is 2. The monoisotopic (exact) mass is 425 g/mol. The molecule has 3 atom stereocenters. The van der Waals surface area contributed by atoms with Gasteiger partial charge in [-0.3, -0.25) is 19.4 Å². The molecule has 7 heteroatoms. The van der Waals surface area contributed by atoms with Gasteiger partial charge in [-0.2, -0.15) is 0 Å². The molecule has 1 aromatic carbocycles. The number of hydrogen-bond acceptors (Lipinski definition) is 4. The van der Waals surface area contributed by atoms with Crippen molar-refractivity contribution >= 4 is 24.3 Å². The van der Waals surface area contributed by atoms with Gasteiger partial charge >= 0.3 is 5.97 Å². The van der Waals surface area contributed by atoms with Crippen LogP contribution in [0.4, 0.5) is 0 Å². The molecule has 2 rings (SSSR count). The summed E-state index contributed by atoms with van der Waals surface area (Å²) >= 11 is 0. The second-order valence-electron chi connectivity index (χ2n) is 7.87. The Morgan fingerprint density at radius 3 is 2.55 bits per heavy atom. The Morgan fingerprint density at radius 2 is 1.93 bits per heavy atom. The lowest BCUT2D eigenvalue weighted by Crippen LogP contribution is -2.46. The standard InChI is InChI=1S/C22H35N3O3.ClH/c1-4-9-20(18-10-6-5-7-11-18)23-22(28)17(2)25-14-8-12-19(13-15-25)24(3)16-21(26)27;/h5-7,10-11,17,19-20H,4,8-9,12-16H2,1-3H3,(H,23,28)(H,26,27);1H. The highest BCUT2D eigenvalue weighted by molar-refractivity contribution is 5.85. The van der Waals surface area contributed by atoms with Crippen LogP contribution in [0.3, 0.4) is 0 Å². The largest absolute Gasteiger partial charge is 0.480 e. The molecule has 1 aliphatic rings. The maximum Gasteiger partial charge on any atom is 0.317 e. The van der Waals surface area contributed by atoms with E-state index in [1.807, 2.05) is 37.1 Å². The van der Waals surface area contributed by atoms with Gasteiger partial charge in [-0.1, -0.05) is 43.7 Å². The zero-order valence-corrected chi connectivity index (χ0v) is 18.7. The fourth-order valence-electron chi connectivity index (χ4n) is 4.03. The Balaban J connectivity index is 0.00000420. The summed E-state index contributed by atoms with van der Waals surface area (Å²) in [6.07, 6.45) is 4.76. The van der Waals surface area contributed by atoms with E-state index in [9.17, 15) is 9.59 Å². The summed E-state index contributed by atoms with van der Waals surface area (Å²) in [4.78, 5) is 28.1. The Hall–Kier alpha value is -1.63. The smallest absolute Gasteiger partial charge is 0.317 e. The van der Waals surface area contributed by atoms with Gasteiger partial charge in [-0.25, -0.2) is 0 Å². The fraction of sp³-hybridized carbons (Fsp3) is 0.636. The van der Waals surface area contributed by atoms with Gasteiger partial charge in [0, 0.05) is 12.6 Å². The number of likely N-dealkylation sites (tertiary alicyclic amines) is 1. The highest BCUT2D eigenvalue weighted by atomic mass is 35.5. The molecule has 1 aromatic rings. The zero-order chi connectivity index (χ0) is 20.5. The van der Waals surface area contributed by atoms with Crippen molar-refractivity contribution in [2.24, 2.45) is 0 Å². The van der Waals surface area contributed by atoms with Gasteiger partial charge in [0.1, 0.15) is 0 Å². The molecule has 1 amide bonds. The molecule has 0 bridgehead atoms. The Bertz CT molecular complexity index is 629. The first-order valence-electron chi connectivity index (χ1n) is 10.4. The predicted octanol–water partition coefficient (Wildman–Crippen LogP) is 3.33. The lowest BCUT2D eigenvalue weighted by atomic mass is 10.0. The van der Waals surface area contributed by atoms with Crippen LogP contribution in [0.2, 0.25) is 0 Å². The average molecular weight is 426 g/mol. The van der Waals surface area contributed by atoms with E-state index in [-0.39, 0.29) is 43.0 Å². The first-order valence-corrected chi connectivity index (χ1v) is 10.4. The molecule has 0 saturated carbocycles. The van der Waals surface area contributed by atoms with Gasteiger partial charge in [-0.15, -0.1) is 12.4 Å². The van der Waals surface area contributed by atoms with Crippen LogP contribution in [-0.2, 0) is 9.59 Å². The highest BCUT2D eigenvalue weighted by Crippen LogP contribution is 2.20. The Kier molecular flexibility index (Phi) is 11.2. The molecule has 1 fully saturated rings. The van der Waals surface area contributed by atoms with Crippen LogP contribution in [0.25, 0.3) is 0 Å². The van der Waals surface area contributed by atoms with E-state index in [1.165, 1.54) is 0 Å². The highest BCUT2D eigenvalue weighted by Gasteiger charge is 2.28. The number of amides is 1. The molecule has 0 radical (unpaired) electrons. The number of carbonyl (C=O) groups excluding carboxylic acids is 1. The van der Waals surface area contributed by atoms with Crippen molar-refractivity contribution in [1.29, 1.82) is 0 Å². The second-order valence-corrected chi connectivity index (χ2v) is 7.87. The van der Waals surface area contributed by atoms with E-state index >= 15 is 0 Å². The van der Waals surface area contributed by atoms with Crippen molar-refractivity contribution in [2.75, 3.05) is 26.7 Å². The van der Waals surface area contributed by atoms with Crippen molar-refractivity contribution in [3.05, 3.63) is 35.9 Å². The molecule has 1 saturated heterocycles. The van der Waals surface area contributed by atoms with E-state index in [0.29, 0.717) is 0 Å². The van der Waals surface area contributed by atoms with Crippen molar-refractivity contribution < 1.29 is 14.7 Å². The summed E-state index contributed by atoms with van der Waals surface area (Å²) in [5.74, 6) is -0.723. The topological polar surface area (TPSA) is 72.9 Å². The van der Waals surface area contributed by atoms with Crippen molar-refractivity contribution in [2.45, 2.75) is 64.1 Å². The first kappa shape index (κ1) is 25.4. The molecule has 164 valence electrons. The Morgan fingerprint density at radius 1 is 1.24 bits per heavy atom. The van der Waals surface area contributed by atoms with Crippen molar-refractivity contribution in [1.82, 2.24) is 15.1 Å². The van der Waals surface area contributed by atoms with Gasteiger partial charge < -0.3 is 10.4 Å². The molecule has 0 aliphatic carbocycles. The molecule has 0 aromatic heterocycles. The summed E-state index contributed by atoms with van der Waals surface area (Å²) in [5.41, 5.74) is 1.15. The van der Waals surface area contributed by atoms with Gasteiger partial charge in [0.2, 0.25) is 5.91 Å². The van der Waals surface area contributed by atoms with Crippen molar-refractivity contribution in [3.8, 4) is 0 Å². The number of hydrogen-bond donors (Lipinski definition) is 2. The average Bonchev–Trinajstić information content (AvgIpc) is 2.93. The molecule has 2 N–H and O–H groups in total. The van der Waals surface area contributed by atoms with E-state index < -0.39 is 5.97 Å². The summed E-state index contributed by atoms with van der Waals surface area (Å²) in [5, 5.41) is 12.3. The molecular formula is C22H36ClN3O3. The third-order valence-corrected chi connectivity index (χ3v) is 5.76. The third kappa shape index (κ3) is 7.96. The number of nitrogens with zero attached hydrogens (tertiary/aromatic N) is 2. The van der Waals surface area contributed by atoms with Gasteiger partial charge in [0.05, 0.1) is 18.6 Å². The SMILES string of the molecule is CCCC(NC(=O)C(C)N1CCCC(N(C)CC(=O)O)CC1)c1ccccc1.Cl. The number of carboxylic acids is 1. The van der Waals surface area contributed by atoms with E-state index in [4.69, 9.17) is 5.11 Å². The van der Waals surface area contributed by atoms with Crippen molar-refractivity contribution in [3.63, 3.8) is 0 Å². The zero-order valence-electron chi connectivity index (χ0n) is 17.8. The van der Waals surface area contributed by atoms with Crippen LogP contribution in [0, 0.1) is 0 Å². The normalized spacial score (nSPS) is 19.7. The number of carboxylic acid groups (broad SMARTS) is 1. The lowest BCUT2D eigenvalue weighted by Gasteiger charge is -2.29. The van der Waals surface area contributed by atoms with E-state index in [1.54, 1.807) is 0 Å². The van der Waals surface area contributed by atoms with Crippen LogP contribution in [0.15, 0.2) is 30.3 Å².